The van der Waals surface area contributed by atoms with Gasteiger partial charge in [0.25, 0.3) is 0 Å². The van der Waals surface area contributed by atoms with E-state index in [2.05, 4.69) is 9.59 Å². The van der Waals surface area contributed by atoms with Gasteiger partial charge in [0, 0.05) is 5.92 Å². The Balaban J connectivity index is 2.37. The first kappa shape index (κ1) is 5.97. The minimum Gasteiger partial charge on any atom is -0.297 e. The van der Waals surface area contributed by atoms with E-state index in [0.717, 1.165) is 12.0 Å². The van der Waals surface area contributed by atoms with Crippen LogP contribution in [0, 0.1) is 0 Å². The summed E-state index contributed by atoms with van der Waals surface area (Å²) in [6.07, 6.45) is 3.19. The molecule has 52 valence electrons. The Bertz CT molecular complexity index is 254. The molecule has 0 atom stereocenters. The number of hydrogen-bond acceptors (Lipinski definition) is 4. The molecule has 0 radical (unpaired) electrons. The third-order valence-electron chi connectivity index (χ3n) is 1.61. The van der Waals surface area contributed by atoms with Gasteiger partial charge in [-0.3, -0.25) is 4.79 Å². The lowest BCUT2D eigenvalue weighted by Gasteiger charge is -1.85. The van der Waals surface area contributed by atoms with Crippen LogP contribution in [0.3, 0.4) is 0 Å². The Kier molecular flexibility index (Phi) is 1.27. The lowest BCUT2D eigenvalue weighted by Crippen LogP contribution is -1.84. The number of carbonyl (C=O) groups is 1. The monoisotopic (exact) mass is 154 g/mol. The normalized spacial score (nSPS) is 17.2. The van der Waals surface area contributed by atoms with Crippen molar-refractivity contribution >= 4 is 17.8 Å². The summed E-state index contributed by atoms with van der Waals surface area (Å²) >= 11 is 1.19. The number of aldehydes is 1. The lowest BCUT2D eigenvalue weighted by atomic mass is 10.3. The van der Waals surface area contributed by atoms with Crippen molar-refractivity contribution in [2.45, 2.75) is 18.8 Å². The van der Waals surface area contributed by atoms with E-state index < -0.39 is 0 Å². The van der Waals surface area contributed by atoms with Crippen molar-refractivity contribution in [1.82, 2.24) is 9.59 Å². The Morgan fingerprint density at radius 3 is 3.00 bits per heavy atom. The number of rotatable bonds is 2. The van der Waals surface area contributed by atoms with Crippen LogP contribution in [0.15, 0.2) is 0 Å². The van der Waals surface area contributed by atoms with Crippen molar-refractivity contribution in [3.05, 3.63) is 10.6 Å². The van der Waals surface area contributed by atoms with Crippen LogP contribution < -0.4 is 0 Å². The van der Waals surface area contributed by atoms with Gasteiger partial charge in [-0.1, -0.05) is 4.49 Å². The van der Waals surface area contributed by atoms with Gasteiger partial charge < -0.3 is 0 Å². The molecule has 0 spiro atoms. The summed E-state index contributed by atoms with van der Waals surface area (Å²) in [7, 11) is 0. The highest BCUT2D eigenvalue weighted by Crippen LogP contribution is 2.40. The molecule has 4 heteroatoms. The van der Waals surface area contributed by atoms with E-state index in [9.17, 15) is 4.79 Å². The second-order valence-electron chi connectivity index (χ2n) is 2.41. The quantitative estimate of drug-likeness (QED) is 0.602. The molecule has 2 rings (SSSR count). The zero-order valence-corrected chi connectivity index (χ0v) is 6.10. The van der Waals surface area contributed by atoms with E-state index >= 15 is 0 Å². The van der Waals surface area contributed by atoms with Crippen molar-refractivity contribution in [3.63, 3.8) is 0 Å². The highest BCUT2D eigenvalue weighted by molar-refractivity contribution is 7.07. The van der Waals surface area contributed by atoms with Crippen LogP contribution in [0.2, 0.25) is 0 Å². The minimum absolute atomic E-state index is 0.541. The summed E-state index contributed by atoms with van der Waals surface area (Å²) in [6.45, 7) is 0. The molecule has 0 aliphatic heterocycles. The topological polar surface area (TPSA) is 42.9 Å². The summed E-state index contributed by atoms with van der Waals surface area (Å²) in [4.78, 5) is 11.1. The molecule has 1 aromatic heterocycles. The van der Waals surface area contributed by atoms with Gasteiger partial charge in [0.15, 0.2) is 6.29 Å². The van der Waals surface area contributed by atoms with Gasteiger partial charge in [-0.05, 0) is 24.4 Å². The van der Waals surface area contributed by atoms with Crippen molar-refractivity contribution in [3.8, 4) is 0 Å². The zero-order chi connectivity index (χ0) is 6.97. The van der Waals surface area contributed by atoms with E-state index in [1.54, 1.807) is 0 Å². The third-order valence-corrected chi connectivity index (χ3v) is 2.28. The number of aromatic nitrogens is 2. The van der Waals surface area contributed by atoms with Crippen molar-refractivity contribution in [1.29, 1.82) is 0 Å². The first-order valence-electron chi connectivity index (χ1n) is 3.19. The molecule has 0 saturated heterocycles. The molecule has 1 heterocycles. The van der Waals surface area contributed by atoms with E-state index in [-0.39, 0.29) is 0 Å². The maximum Gasteiger partial charge on any atom is 0.163 e. The van der Waals surface area contributed by atoms with Gasteiger partial charge in [-0.25, -0.2) is 0 Å². The molecule has 1 fully saturated rings. The average Bonchev–Trinajstić information content (AvgIpc) is 2.69. The fourth-order valence-electron chi connectivity index (χ4n) is 0.926. The van der Waals surface area contributed by atoms with Crippen LogP contribution in [-0.4, -0.2) is 15.9 Å². The minimum atomic E-state index is 0.541. The Hall–Kier alpha value is -0.770. The van der Waals surface area contributed by atoms with E-state index in [1.165, 1.54) is 24.4 Å². The van der Waals surface area contributed by atoms with E-state index in [4.69, 9.17) is 0 Å². The van der Waals surface area contributed by atoms with Crippen molar-refractivity contribution in [2.24, 2.45) is 0 Å². The Morgan fingerprint density at radius 1 is 1.60 bits per heavy atom. The number of carbonyl (C=O) groups excluding carboxylic acids is 1. The standard InChI is InChI=1S/C6H6N2OS/c9-3-5-6(4-1-2-4)7-8-10-5/h3-4H,1-2H2. The largest absolute Gasteiger partial charge is 0.297 e. The molecule has 0 bridgehead atoms. The molecule has 1 saturated carbocycles. The second kappa shape index (κ2) is 2.12. The molecule has 1 aromatic rings. The van der Waals surface area contributed by atoms with Crippen molar-refractivity contribution < 1.29 is 4.79 Å². The first-order valence-corrected chi connectivity index (χ1v) is 3.96. The van der Waals surface area contributed by atoms with Gasteiger partial charge >= 0.3 is 0 Å². The zero-order valence-electron chi connectivity index (χ0n) is 5.28. The fraction of sp³-hybridized carbons (Fsp3) is 0.500. The highest BCUT2D eigenvalue weighted by atomic mass is 32.1. The molecular weight excluding hydrogens is 148 g/mol. The third kappa shape index (κ3) is 0.844. The predicted octanol–water partition coefficient (Wildman–Crippen LogP) is 1.23. The van der Waals surface area contributed by atoms with Crippen LogP contribution in [0.25, 0.3) is 0 Å². The number of hydrogen-bond donors (Lipinski definition) is 0. The molecule has 0 N–H and O–H groups in total. The second-order valence-corrected chi connectivity index (χ2v) is 3.20. The van der Waals surface area contributed by atoms with Gasteiger partial charge in [-0.2, -0.15) is 0 Å². The summed E-state index contributed by atoms with van der Waals surface area (Å²) < 4.78 is 3.71. The number of nitrogens with zero attached hydrogens (tertiary/aromatic N) is 2. The van der Waals surface area contributed by atoms with Gasteiger partial charge in [0.2, 0.25) is 0 Å². The van der Waals surface area contributed by atoms with Crippen LogP contribution in [0.1, 0.15) is 34.1 Å². The lowest BCUT2D eigenvalue weighted by molar-refractivity contribution is 0.112. The van der Waals surface area contributed by atoms with Gasteiger partial charge in [0.05, 0.1) is 5.69 Å². The molecule has 0 aromatic carbocycles. The molecule has 1 aliphatic rings. The Morgan fingerprint density at radius 2 is 2.40 bits per heavy atom. The van der Waals surface area contributed by atoms with Crippen LogP contribution in [-0.2, 0) is 0 Å². The van der Waals surface area contributed by atoms with Crippen LogP contribution in [0.5, 0.6) is 0 Å². The maximum absolute atomic E-state index is 10.4. The van der Waals surface area contributed by atoms with Crippen LogP contribution in [0.4, 0.5) is 0 Å². The van der Waals surface area contributed by atoms with Gasteiger partial charge in [0.1, 0.15) is 4.88 Å². The summed E-state index contributed by atoms with van der Waals surface area (Å²) in [5.74, 6) is 0.541. The first-order chi connectivity index (χ1) is 4.92. The summed E-state index contributed by atoms with van der Waals surface area (Å²) in [5.41, 5.74) is 0.917. The van der Waals surface area contributed by atoms with Gasteiger partial charge in [-0.15, -0.1) is 5.10 Å². The molecule has 0 amide bonds. The average molecular weight is 154 g/mol. The van der Waals surface area contributed by atoms with Crippen molar-refractivity contribution in [2.75, 3.05) is 0 Å². The SMILES string of the molecule is O=Cc1snnc1C1CC1. The summed E-state index contributed by atoms with van der Waals surface area (Å²) in [5, 5.41) is 3.89. The smallest absolute Gasteiger partial charge is 0.163 e. The molecular formula is C6H6N2OS. The molecule has 1 aliphatic carbocycles. The summed E-state index contributed by atoms with van der Waals surface area (Å²) in [6, 6.07) is 0. The molecule has 3 nitrogen and oxygen atoms in total. The molecule has 10 heavy (non-hydrogen) atoms. The Labute approximate surface area is 62.2 Å². The highest BCUT2D eigenvalue weighted by Gasteiger charge is 2.28. The van der Waals surface area contributed by atoms with E-state index in [0.29, 0.717) is 10.8 Å². The molecule has 0 unspecified atom stereocenters. The van der Waals surface area contributed by atoms with E-state index in [1.807, 2.05) is 0 Å². The van der Waals surface area contributed by atoms with Crippen LogP contribution >= 0.6 is 11.5 Å². The fourth-order valence-corrected chi connectivity index (χ4v) is 1.49. The maximum atomic E-state index is 10.4. The predicted molar refractivity (Wildman–Crippen MR) is 37.3 cm³/mol.